The molecule has 0 radical (unpaired) electrons. The number of rotatable bonds is 4. The van der Waals surface area contributed by atoms with Gasteiger partial charge in [0.25, 0.3) is 0 Å². The molecule has 1 atom stereocenters. The first-order valence-corrected chi connectivity index (χ1v) is 7.90. The van der Waals surface area contributed by atoms with Gasteiger partial charge in [-0.15, -0.1) is 0 Å². The summed E-state index contributed by atoms with van der Waals surface area (Å²) in [6, 6.07) is 5.15. The predicted molar refractivity (Wildman–Crippen MR) is 90.8 cm³/mol. The molecule has 1 heterocycles. The number of carbonyl (C=O) groups is 3. The van der Waals surface area contributed by atoms with Crippen molar-refractivity contribution in [2.24, 2.45) is 0 Å². The minimum Gasteiger partial charge on any atom is -0.497 e. The van der Waals surface area contributed by atoms with Gasteiger partial charge in [-0.05, 0) is 32.4 Å². The fourth-order valence-electron chi connectivity index (χ4n) is 2.97. The number of ether oxygens (including phenoxy) is 3. The number of benzene rings is 1. The quantitative estimate of drug-likeness (QED) is 0.613. The zero-order chi connectivity index (χ0) is 18.8. The van der Waals surface area contributed by atoms with Crippen molar-refractivity contribution < 1.29 is 28.6 Å². The first-order chi connectivity index (χ1) is 11.7. The fraction of sp³-hybridized carbons (Fsp3) is 0.500. The van der Waals surface area contributed by atoms with Crippen LogP contribution in [0.2, 0.25) is 0 Å². The van der Waals surface area contributed by atoms with Gasteiger partial charge in [0.15, 0.2) is 5.54 Å². The lowest BCUT2D eigenvalue weighted by Crippen LogP contribution is -2.57. The van der Waals surface area contributed by atoms with Gasteiger partial charge in [0.1, 0.15) is 17.6 Å². The molecule has 136 valence electrons. The number of methoxy groups -OCH3 is 2. The number of nitrogens with zero attached hydrogens (tertiary/aromatic N) is 1. The third-order valence-electron chi connectivity index (χ3n) is 4.01. The average molecular weight is 349 g/mol. The highest BCUT2D eigenvalue weighted by atomic mass is 16.6. The van der Waals surface area contributed by atoms with Crippen molar-refractivity contribution in [3.63, 3.8) is 0 Å². The summed E-state index contributed by atoms with van der Waals surface area (Å²) in [6.45, 7) is 5.19. The number of hydrogen-bond acceptors (Lipinski definition) is 6. The van der Waals surface area contributed by atoms with Crippen molar-refractivity contribution >= 4 is 24.0 Å². The second-order valence-electron chi connectivity index (χ2n) is 6.88. The van der Waals surface area contributed by atoms with Crippen LogP contribution in [0.4, 0.5) is 10.5 Å². The largest absolute Gasteiger partial charge is 0.497 e. The van der Waals surface area contributed by atoms with E-state index in [0.717, 1.165) is 5.56 Å². The molecule has 1 amide bonds. The van der Waals surface area contributed by atoms with E-state index in [1.54, 1.807) is 39.0 Å². The molecule has 0 saturated heterocycles. The molecule has 1 aliphatic heterocycles. The van der Waals surface area contributed by atoms with Gasteiger partial charge in [0.2, 0.25) is 0 Å². The smallest absolute Gasteiger partial charge is 0.415 e. The van der Waals surface area contributed by atoms with Crippen LogP contribution in [0, 0.1) is 0 Å². The Balaban J connectivity index is 2.61. The standard InChI is InChI=1S/C18H23NO6/c1-17(2,3)25-16(22)19-14-10-13(23-4)7-6-12(14)11-18(19,8-9-20)15(21)24-5/h6-7,9-10H,8,11H2,1-5H3. The Labute approximate surface area is 146 Å². The number of hydrogen-bond donors (Lipinski definition) is 0. The lowest BCUT2D eigenvalue weighted by Gasteiger charge is -2.35. The van der Waals surface area contributed by atoms with Gasteiger partial charge in [-0.1, -0.05) is 6.07 Å². The van der Waals surface area contributed by atoms with Crippen molar-refractivity contribution in [2.75, 3.05) is 19.1 Å². The van der Waals surface area contributed by atoms with E-state index >= 15 is 0 Å². The molecular formula is C18H23NO6. The second kappa shape index (κ2) is 6.74. The fourth-order valence-corrected chi connectivity index (χ4v) is 2.97. The lowest BCUT2D eigenvalue weighted by atomic mass is 9.91. The maximum atomic E-state index is 12.9. The molecule has 1 unspecified atom stereocenters. The number of anilines is 1. The molecule has 7 nitrogen and oxygen atoms in total. The van der Waals surface area contributed by atoms with Gasteiger partial charge in [-0.25, -0.2) is 9.59 Å². The van der Waals surface area contributed by atoms with E-state index in [1.165, 1.54) is 19.1 Å². The molecule has 0 saturated carbocycles. The van der Waals surface area contributed by atoms with Crippen molar-refractivity contribution in [2.45, 2.75) is 44.8 Å². The minimum absolute atomic E-state index is 0.164. The van der Waals surface area contributed by atoms with Gasteiger partial charge in [-0.3, -0.25) is 4.90 Å². The monoisotopic (exact) mass is 349 g/mol. The van der Waals surface area contributed by atoms with Crippen LogP contribution in [-0.2, 0) is 25.5 Å². The highest BCUT2D eigenvalue weighted by Crippen LogP contribution is 2.43. The average Bonchev–Trinajstić information content (AvgIpc) is 2.86. The summed E-state index contributed by atoms with van der Waals surface area (Å²) in [5.74, 6) is -0.139. The van der Waals surface area contributed by atoms with Crippen LogP contribution in [0.5, 0.6) is 5.75 Å². The number of carbonyl (C=O) groups excluding carboxylic acids is 3. The molecule has 7 heteroatoms. The van der Waals surface area contributed by atoms with Crippen molar-refractivity contribution in [1.82, 2.24) is 0 Å². The number of amides is 1. The summed E-state index contributed by atoms with van der Waals surface area (Å²) in [4.78, 5) is 38.0. The summed E-state index contributed by atoms with van der Waals surface area (Å²) in [7, 11) is 2.74. The molecule has 25 heavy (non-hydrogen) atoms. The Bertz CT molecular complexity index is 693. The molecule has 1 aliphatic rings. The molecule has 0 spiro atoms. The lowest BCUT2D eigenvalue weighted by molar-refractivity contribution is -0.148. The van der Waals surface area contributed by atoms with Crippen molar-refractivity contribution in [3.05, 3.63) is 23.8 Å². The van der Waals surface area contributed by atoms with Crippen molar-refractivity contribution in [1.29, 1.82) is 0 Å². The van der Waals surface area contributed by atoms with Crippen LogP contribution < -0.4 is 9.64 Å². The zero-order valence-electron chi connectivity index (χ0n) is 15.1. The van der Waals surface area contributed by atoms with Gasteiger partial charge in [0, 0.05) is 18.9 Å². The van der Waals surface area contributed by atoms with Crippen molar-refractivity contribution in [3.8, 4) is 5.75 Å². The molecule has 0 aromatic heterocycles. The van der Waals surface area contributed by atoms with Gasteiger partial charge < -0.3 is 19.0 Å². The van der Waals surface area contributed by atoms with E-state index in [-0.39, 0.29) is 12.8 Å². The number of fused-ring (bicyclic) bond motifs is 1. The van der Waals surface area contributed by atoms with E-state index in [2.05, 4.69) is 0 Å². The summed E-state index contributed by atoms with van der Waals surface area (Å²) in [6.07, 6.45) is -0.142. The molecule has 0 fully saturated rings. The molecule has 1 aromatic carbocycles. The summed E-state index contributed by atoms with van der Waals surface area (Å²) < 4.78 is 15.6. The first kappa shape index (κ1) is 18.8. The highest BCUT2D eigenvalue weighted by Gasteiger charge is 2.54. The number of esters is 1. The Kier molecular flexibility index (Phi) is 5.06. The summed E-state index contributed by atoms with van der Waals surface area (Å²) in [5, 5.41) is 0. The topological polar surface area (TPSA) is 82.1 Å². The van der Waals surface area contributed by atoms with Crippen LogP contribution in [-0.4, -0.2) is 43.7 Å². The highest BCUT2D eigenvalue weighted by molar-refractivity contribution is 6.03. The first-order valence-electron chi connectivity index (χ1n) is 7.90. The Hall–Kier alpha value is -2.57. The molecule has 0 aliphatic carbocycles. The molecule has 0 bridgehead atoms. The molecule has 2 rings (SSSR count). The summed E-state index contributed by atoms with van der Waals surface area (Å²) in [5.41, 5.74) is -1.02. The van der Waals surface area contributed by atoms with Crippen LogP contribution in [0.25, 0.3) is 0 Å². The third-order valence-corrected chi connectivity index (χ3v) is 4.01. The van der Waals surface area contributed by atoms with Gasteiger partial charge in [0.05, 0.1) is 19.9 Å². The third kappa shape index (κ3) is 3.45. The van der Waals surface area contributed by atoms with E-state index in [4.69, 9.17) is 14.2 Å². The minimum atomic E-state index is -1.46. The Morgan fingerprint density at radius 3 is 2.48 bits per heavy atom. The van der Waals surface area contributed by atoms with Crippen LogP contribution in [0.1, 0.15) is 32.8 Å². The Morgan fingerprint density at radius 1 is 1.28 bits per heavy atom. The maximum Gasteiger partial charge on any atom is 0.415 e. The number of aldehydes is 1. The predicted octanol–water partition coefficient (Wildman–Crippen LogP) is 2.49. The van der Waals surface area contributed by atoms with E-state index in [9.17, 15) is 14.4 Å². The Morgan fingerprint density at radius 2 is 1.96 bits per heavy atom. The van der Waals surface area contributed by atoms with Crippen LogP contribution >= 0.6 is 0 Å². The maximum absolute atomic E-state index is 12.9. The van der Waals surface area contributed by atoms with Crippen LogP contribution in [0.15, 0.2) is 18.2 Å². The molecule has 1 aromatic rings. The van der Waals surface area contributed by atoms with E-state index in [0.29, 0.717) is 17.7 Å². The van der Waals surface area contributed by atoms with E-state index in [1.807, 2.05) is 0 Å². The molecule has 0 N–H and O–H groups in total. The van der Waals surface area contributed by atoms with Crippen LogP contribution in [0.3, 0.4) is 0 Å². The zero-order valence-corrected chi connectivity index (χ0v) is 15.1. The second-order valence-corrected chi connectivity index (χ2v) is 6.88. The SMILES string of the molecule is COC(=O)C1(CC=O)Cc2ccc(OC)cc2N1C(=O)OC(C)(C)C. The van der Waals surface area contributed by atoms with Gasteiger partial charge >= 0.3 is 12.1 Å². The van der Waals surface area contributed by atoms with E-state index < -0.39 is 23.2 Å². The summed E-state index contributed by atoms with van der Waals surface area (Å²) >= 11 is 0. The van der Waals surface area contributed by atoms with Gasteiger partial charge in [-0.2, -0.15) is 0 Å². The normalized spacial score (nSPS) is 19.2. The molecular weight excluding hydrogens is 326 g/mol.